The summed E-state index contributed by atoms with van der Waals surface area (Å²) in [6, 6.07) is 8.19. The summed E-state index contributed by atoms with van der Waals surface area (Å²) in [5.74, 6) is -0.901. The van der Waals surface area contributed by atoms with E-state index in [0.29, 0.717) is 15.9 Å². The Morgan fingerprint density at radius 1 is 1.10 bits per heavy atom. The maximum absolute atomic E-state index is 14.1. The molecule has 1 aliphatic heterocycles. The van der Waals surface area contributed by atoms with Gasteiger partial charge in [-0.25, -0.2) is 8.78 Å². The number of allylic oxidation sites excluding steroid dienone is 7. The van der Waals surface area contributed by atoms with Gasteiger partial charge in [0.1, 0.15) is 24.6 Å². The number of hydrogen-bond donors (Lipinski definition) is 0. The molecular formula is C23H22Br2F2N2. The summed E-state index contributed by atoms with van der Waals surface area (Å²) in [6.45, 7) is 6.57. The summed E-state index contributed by atoms with van der Waals surface area (Å²) < 4.78 is 27.6. The van der Waals surface area contributed by atoms with Gasteiger partial charge in [0.2, 0.25) is 0 Å². The van der Waals surface area contributed by atoms with Crippen molar-refractivity contribution in [2.24, 2.45) is 9.98 Å². The van der Waals surface area contributed by atoms with Crippen LogP contribution in [0.1, 0.15) is 19.4 Å². The molecule has 0 bridgehead atoms. The fourth-order valence-electron chi connectivity index (χ4n) is 2.81. The van der Waals surface area contributed by atoms with E-state index in [1.165, 1.54) is 0 Å². The molecule has 0 fully saturated rings. The largest absolute Gasteiger partial charge is 0.271 e. The Kier molecular flexibility index (Phi) is 9.11. The molecule has 2 atom stereocenters. The molecular weight excluding hydrogens is 502 g/mol. The number of hydrogen-bond acceptors (Lipinski definition) is 2. The number of alkyl halides is 1. The molecule has 152 valence electrons. The molecule has 1 heterocycles. The fraction of sp³-hybridized carbons (Fsp3) is 0.217. The molecule has 0 aromatic heterocycles. The number of halogens is 4. The van der Waals surface area contributed by atoms with Gasteiger partial charge in [-0.1, -0.05) is 99.2 Å². The first-order valence-electron chi connectivity index (χ1n) is 9.06. The summed E-state index contributed by atoms with van der Waals surface area (Å²) in [6.07, 6.45) is 9.65. The van der Waals surface area contributed by atoms with Gasteiger partial charge in [-0.05, 0) is 13.8 Å². The minimum Gasteiger partial charge on any atom is -0.271 e. The zero-order valence-corrected chi connectivity index (χ0v) is 19.4. The molecule has 2 unspecified atom stereocenters. The first-order chi connectivity index (χ1) is 13.9. The third kappa shape index (κ3) is 5.80. The summed E-state index contributed by atoms with van der Waals surface area (Å²) in [5.41, 5.74) is 2.97. The SMILES string of the molecule is C=C(Br)C1N=C(C(/C=C\C)=C/C=C/C)C(c2ccccc2)=NC1/C(Br)=C(/F)CF. The van der Waals surface area contributed by atoms with E-state index in [1.807, 2.05) is 74.6 Å². The molecule has 1 aromatic rings. The second kappa shape index (κ2) is 11.3. The lowest BCUT2D eigenvalue weighted by atomic mass is 9.94. The molecule has 0 aliphatic carbocycles. The molecule has 0 saturated carbocycles. The van der Waals surface area contributed by atoms with Gasteiger partial charge in [0, 0.05) is 15.6 Å². The van der Waals surface area contributed by atoms with Crippen molar-refractivity contribution < 1.29 is 8.78 Å². The molecule has 1 aromatic carbocycles. The summed E-state index contributed by atoms with van der Waals surface area (Å²) >= 11 is 6.57. The van der Waals surface area contributed by atoms with Crippen LogP contribution in [0.3, 0.4) is 0 Å². The lowest BCUT2D eigenvalue weighted by Crippen LogP contribution is -2.35. The van der Waals surface area contributed by atoms with Crippen molar-refractivity contribution in [1.29, 1.82) is 0 Å². The Bertz CT molecular complexity index is 925. The van der Waals surface area contributed by atoms with Gasteiger partial charge in [0.25, 0.3) is 0 Å². The van der Waals surface area contributed by atoms with Crippen LogP contribution in [-0.2, 0) is 0 Å². The van der Waals surface area contributed by atoms with Crippen LogP contribution in [0, 0.1) is 0 Å². The van der Waals surface area contributed by atoms with Gasteiger partial charge in [-0.3, -0.25) is 9.98 Å². The van der Waals surface area contributed by atoms with Crippen LogP contribution in [0.4, 0.5) is 8.78 Å². The van der Waals surface area contributed by atoms with Crippen LogP contribution in [0.2, 0.25) is 0 Å². The summed E-state index contributed by atoms with van der Waals surface area (Å²) in [5, 5.41) is 0. The van der Waals surface area contributed by atoms with Crippen LogP contribution in [0.25, 0.3) is 0 Å². The highest BCUT2D eigenvalue weighted by molar-refractivity contribution is 9.12. The maximum atomic E-state index is 14.1. The highest BCUT2D eigenvalue weighted by Gasteiger charge is 2.33. The highest BCUT2D eigenvalue weighted by atomic mass is 79.9. The van der Waals surface area contributed by atoms with Crippen molar-refractivity contribution >= 4 is 43.3 Å². The Hall–Kier alpha value is -1.92. The first-order valence-corrected chi connectivity index (χ1v) is 10.6. The van der Waals surface area contributed by atoms with Crippen molar-refractivity contribution in [3.63, 3.8) is 0 Å². The molecule has 0 radical (unpaired) electrons. The van der Waals surface area contributed by atoms with Gasteiger partial charge >= 0.3 is 0 Å². The van der Waals surface area contributed by atoms with Gasteiger partial charge in [0.05, 0.1) is 15.9 Å². The van der Waals surface area contributed by atoms with E-state index < -0.39 is 24.6 Å². The van der Waals surface area contributed by atoms with Crippen LogP contribution in [0.5, 0.6) is 0 Å². The quantitative estimate of drug-likeness (QED) is 0.337. The van der Waals surface area contributed by atoms with E-state index in [-0.39, 0.29) is 4.48 Å². The van der Waals surface area contributed by atoms with Crippen LogP contribution in [-0.4, -0.2) is 30.2 Å². The number of rotatable bonds is 7. The van der Waals surface area contributed by atoms with Gasteiger partial charge in [-0.2, -0.15) is 0 Å². The Balaban J connectivity index is 2.76. The van der Waals surface area contributed by atoms with E-state index in [2.05, 4.69) is 38.4 Å². The average Bonchev–Trinajstić information content (AvgIpc) is 2.75. The molecule has 0 saturated heterocycles. The first kappa shape index (κ1) is 23.4. The second-order valence-corrected chi connectivity index (χ2v) is 8.07. The average molecular weight is 524 g/mol. The molecule has 6 heteroatoms. The Labute approximate surface area is 187 Å². The van der Waals surface area contributed by atoms with Crippen molar-refractivity contribution in [1.82, 2.24) is 0 Å². The summed E-state index contributed by atoms with van der Waals surface area (Å²) in [4.78, 5) is 9.66. The zero-order valence-electron chi connectivity index (χ0n) is 16.2. The topological polar surface area (TPSA) is 24.7 Å². The molecule has 2 rings (SSSR count). The normalized spacial score (nSPS) is 21.2. The predicted molar refractivity (Wildman–Crippen MR) is 127 cm³/mol. The van der Waals surface area contributed by atoms with Crippen molar-refractivity contribution in [3.8, 4) is 0 Å². The highest BCUT2D eigenvalue weighted by Crippen LogP contribution is 2.33. The van der Waals surface area contributed by atoms with Gasteiger partial charge in [-0.15, -0.1) is 0 Å². The minimum atomic E-state index is -1.21. The van der Waals surface area contributed by atoms with Gasteiger partial charge < -0.3 is 0 Å². The molecule has 1 aliphatic rings. The molecule has 0 amide bonds. The fourth-order valence-corrected chi connectivity index (χ4v) is 3.63. The second-order valence-electron chi connectivity index (χ2n) is 6.19. The molecule has 2 nitrogen and oxygen atoms in total. The van der Waals surface area contributed by atoms with E-state index >= 15 is 0 Å². The van der Waals surface area contributed by atoms with Crippen LogP contribution < -0.4 is 0 Å². The third-order valence-corrected chi connectivity index (χ3v) is 5.52. The molecule has 0 spiro atoms. The summed E-state index contributed by atoms with van der Waals surface area (Å²) in [7, 11) is 0. The molecule has 0 N–H and O–H groups in total. The third-order valence-electron chi connectivity index (χ3n) is 4.15. The standard InChI is InChI=1S/C23H22Br2F2N2/c1-4-6-11-16(10-5-2)21-22(17-12-8-7-9-13-17)29-23(19(25)18(27)14-26)20(28-21)15(3)24/h4-13,20,23H,3,14H2,1-2H3/b6-4+,10-5-,16-11+,19-18-. The Morgan fingerprint density at radius 3 is 2.34 bits per heavy atom. The van der Waals surface area contributed by atoms with Gasteiger partial charge in [0.15, 0.2) is 0 Å². The van der Waals surface area contributed by atoms with E-state index in [1.54, 1.807) is 0 Å². The maximum Gasteiger partial charge on any atom is 0.143 e. The van der Waals surface area contributed by atoms with Crippen molar-refractivity contribution in [2.45, 2.75) is 25.9 Å². The van der Waals surface area contributed by atoms with E-state index in [0.717, 1.165) is 11.1 Å². The van der Waals surface area contributed by atoms with E-state index in [4.69, 9.17) is 9.98 Å². The lowest BCUT2D eigenvalue weighted by Gasteiger charge is -2.28. The predicted octanol–water partition coefficient (Wildman–Crippen LogP) is 7.20. The van der Waals surface area contributed by atoms with Crippen molar-refractivity contribution in [2.75, 3.05) is 6.67 Å². The zero-order chi connectivity index (χ0) is 21.4. The van der Waals surface area contributed by atoms with Crippen LogP contribution >= 0.6 is 31.9 Å². The van der Waals surface area contributed by atoms with Crippen LogP contribution in [0.15, 0.2) is 97.6 Å². The monoisotopic (exact) mass is 522 g/mol. The Morgan fingerprint density at radius 2 is 1.79 bits per heavy atom. The van der Waals surface area contributed by atoms with E-state index in [9.17, 15) is 8.78 Å². The smallest absolute Gasteiger partial charge is 0.143 e. The van der Waals surface area contributed by atoms with Crippen molar-refractivity contribution in [3.05, 3.63) is 93.2 Å². The number of nitrogens with zero attached hydrogens (tertiary/aromatic N) is 2. The minimum absolute atomic E-state index is 0.0341. The number of aliphatic imine (C=N–C) groups is 2. The lowest BCUT2D eigenvalue weighted by molar-refractivity contribution is 0.451. The number of benzene rings is 1. The molecule has 29 heavy (non-hydrogen) atoms.